The van der Waals surface area contributed by atoms with E-state index in [1.54, 1.807) is 14.0 Å². The highest BCUT2D eigenvalue weighted by Crippen LogP contribution is 2.29. The lowest BCUT2D eigenvalue weighted by atomic mass is 10.1. The summed E-state index contributed by atoms with van der Waals surface area (Å²) in [7, 11) is 1.59. The molecule has 6 heteroatoms. The quantitative estimate of drug-likeness (QED) is 0.935. The molecule has 0 fully saturated rings. The molecule has 0 aliphatic rings. The molecule has 2 rings (SSSR count). The Morgan fingerprint density at radius 2 is 2.21 bits per heavy atom. The molecule has 1 atom stereocenters. The highest BCUT2D eigenvalue weighted by molar-refractivity contribution is 9.10. The SMILES string of the molecule is COCC(C)(N)c1noc(-c2cc(C)ccc2Br)n1. The molecule has 0 spiro atoms. The van der Waals surface area contributed by atoms with Crippen LogP contribution in [0.5, 0.6) is 0 Å². The molecule has 0 bridgehead atoms. The molecule has 0 saturated carbocycles. The fraction of sp³-hybridized carbons (Fsp3) is 0.385. The zero-order valence-electron chi connectivity index (χ0n) is 11.1. The van der Waals surface area contributed by atoms with Gasteiger partial charge in [0.2, 0.25) is 0 Å². The lowest BCUT2D eigenvalue weighted by Gasteiger charge is -2.18. The van der Waals surface area contributed by atoms with E-state index in [9.17, 15) is 0 Å². The van der Waals surface area contributed by atoms with E-state index in [0.717, 1.165) is 15.6 Å². The van der Waals surface area contributed by atoms with Crippen molar-refractivity contribution >= 4 is 15.9 Å². The number of nitrogens with zero attached hydrogens (tertiary/aromatic N) is 2. The van der Waals surface area contributed by atoms with E-state index in [0.29, 0.717) is 18.3 Å². The lowest BCUT2D eigenvalue weighted by molar-refractivity contribution is 0.135. The highest BCUT2D eigenvalue weighted by Gasteiger charge is 2.28. The zero-order chi connectivity index (χ0) is 14.0. The van der Waals surface area contributed by atoms with Gasteiger partial charge in [0.05, 0.1) is 12.2 Å². The Labute approximate surface area is 120 Å². The number of aromatic nitrogens is 2. The van der Waals surface area contributed by atoms with Gasteiger partial charge in [0.25, 0.3) is 5.89 Å². The Morgan fingerprint density at radius 1 is 1.47 bits per heavy atom. The highest BCUT2D eigenvalue weighted by atomic mass is 79.9. The van der Waals surface area contributed by atoms with Crippen molar-refractivity contribution in [3.8, 4) is 11.5 Å². The molecule has 1 aromatic carbocycles. The number of benzene rings is 1. The molecule has 1 unspecified atom stereocenters. The van der Waals surface area contributed by atoms with Gasteiger partial charge >= 0.3 is 0 Å². The molecule has 5 nitrogen and oxygen atoms in total. The Balaban J connectivity index is 2.38. The standard InChI is InChI=1S/C13H16BrN3O2/c1-8-4-5-10(14)9(6-8)11-16-12(17-19-11)13(2,15)7-18-3/h4-6H,7,15H2,1-3H3. The van der Waals surface area contributed by atoms with E-state index in [2.05, 4.69) is 26.1 Å². The van der Waals surface area contributed by atoms with Crippen molar-refractivity contribution in [1.29, 1.82) is 0 Å². The van der Waals surface area contributed by atoms with Gasteiger partial charge in [-0.3, -0.25) is 0 Å². The molecule has 2 N–H and O–H groups in total. The van der Waals surface area contributed by atoms with Gasteiger partial charge in [-0.05, 0) is 41.9 Å². The van der Waals surface area contributed by atoms with E-state index in [4.69, 9.17) is 15.0 Å². The second-order valence-corrected chi connectivity index (χ2v) is 5.61. The Kier molecular flexibility index (Phi) is 4.03. The van der Waals surface area contributed by atoms with Gasteiger partial charge in [-0.1, -0.05) is 16.8 Å². The van der Waals surface area contributed by atoms with Crippen LogP contribution in [0.3, 0.4) is 0 Å². The number of hydrogen-bond acceptors (Lipinski definition) is 5. The van der Waals surface area contributed by atoms with Gasteiger partial charge in [0, 0.05) is 11.6 Å². The number of ether oxygens (including phenoxy) is 1. The van der Waals surface area contributed by atoms with Gasteiger partial charge in [-0.25, -0.2) is 0 Å². The minimum absolute atomic E-state index is 0.320. The number of hydrogen-bond donors (Lipinski definition) is 1. The van der Waals surface area contributed by atoms with Gasteiger partial charge in [-0.15, -0.1) is 0 Å². The summed E-state index contributed by atoms with van der Waals surface area (Å²) in [6.07, 6.45) is 0. The van der Waals surface area contributed by atoms with Crippen LogP contribution >= 0.6 is 15.9 Å². The minimum Gasteiger partial charge on any atom is -0.382 e. The van der Waals surface area contributed by atoms with Crippen LogP contribution in [0.2, 0.25) is 0 Å². The Hall–Kier alpha value is -1.24. The van der Waals surface area contributed by atoms with Crippen molar-refractivity contribution in [1.82, 2.24) is 10.1 Å². The summed E-state index contributed by atoms with van der Waals surface area (Å²) in [5, 5.41) is 3.94. The van der Waals surface area contributed by atoms with Gasteiger partial charge in [0.15, 0.2) is 5.82 Å². The van der Waals surface area contributed by atoms with Gasteiger partial charge < -0.3 is 15.0 Å². The Morgan fingerprint density at radius 3 is 2.89 bits per heavy atom. The van der Waals surface area contributed by atoms with Crippen LogP contribution in [0.4, 0.5) is 0 Å². The smallest absolute Gasteiger partial charge is 0.259 e. The molecular formula is C13H16BrN3O2. The van der Waals surface area contributed by atoms with Crippen LogP contribution in [-0.4, -0.2) is 23.9 Å². The summed E-state index contributed by atoms with van der Waals surface area (Å²) in [5.41, 5.74) is 7.28. The molecule has 2 aromatic rings. The first-order chi connectivity index (χ1) is 8.94. The third kappa shape index (κ3) is 3.02. The van der Waals surface area contributed by atoms with Crippen molar-refractivity contribution in [3.63, 3.8) is 0 Å². The van der Waals surface area contributed by atoms with Crippen LogP contribution in [0, 0.1) is 6.92 Å². The van der Waals surface area contributed by atoms with Gasteiger partial charge in [-0.2, -0.15) is 4.98 Å². The maximum atomic E-state index is 6.09. The van der Waals surface area contributed by atoms with Crippen LogP contribution < -0.4 is 5.73 Å². The maximum absolute atomic E-state index is 6.09. The van der Waals surface area contributed by atoms with E-state index >= 15 is 0 Å². The first-order valence-electron chi connectivity index (χ1n) is 5.82. The third-order valence-electron chi connectivity index (χ3n) is 2.73. The van der Waals surface area contributed by atoms with Crippen molar-refractivity contribution < 1.29 is 9.26 Å². The molecule has 1 aromatic heterocycles. The second-order valence-electron chi connectivity index (χ2n) is 4.76. The molecule has 0 radical (unpaired) electrons. The van der Waals surface area contributed by atoms with E-state index in [1.165, 1.54) is 0 Å². The summed E-state index contributed by atoms with van der Waals surface area (Å²) in [6, 6.07) is 5.93. The van der Waals surface area contributed by atoms with Crippen molar-refractivity contribution in [2.24, 2.45) is 5.73 Å². The topological polar surface area (TPSA) is 74.2 Å². The fourth-order valence-electron chi connectivity index (χ4n) is 1.73. The van der Waals surface area contributed by atoms with Crippen molar-refractivity contribution in [2.45, 2.75) is 19.4 Å². The first kappa shape index (κ1) is 14.2. The summed E-state index contributed by atoms with van der Waals surface area (Å²) in [5.74, 6) is 0.871. The molecule has 0 amide bonds. The number of nitrogens with two attached hydrogens (primary N) is 1. The van der Waals surface area contributed by atoms with E-state index in [1.807, 2.05) is 25.1 Å². The fourth-order valence-corrected chi connectivity index (χ4v) is 2.15. The van der Waals surface area contributed by atoms with Crippen LogP contribution in [0.1, 0.15) is 18.3 Å². The average molecular weight is 326 g/mol. The summed E-state index contributed by atoms with van der Waals surface area (Å²) < 4.78 is 11.3. The van der Waals surface area contributed by atoms with E-state index < -0.39 is 5.54 Å². The summed E-state index contributed by atoms with van der Waals surface area (Å²) in [4.78, 5) is 4.36. The summed E-state index contributed by atoms with van der Waals surface area (Å²) in [6.45, 7) is 4.13. The predicted molar refractivity (Wildman–Crippen MR) is 75.6 cm³/mol. The number of methoxy groups -OCH3 is 1. The zero-order valence-corrected chi connectivity index (χ0v) is 12.7. The van der Waals surface area contributed by atoms with Crippen LogP contribution in [0.15, 0.2) is 27.2 Å². The molecule has 0 saturated heterocycles. The van der Waals surface area contributed by atoms with E-state index in [-0.39, 0.29) is 0 Å². The second kappa shape index (κ2) is 5.40. The molecule has 102 valence electrons. The summed E-state index contributed by atoms with van der Waals surface area (Å²) >= 11 is 3.47. The Bertz CT molecular complexity index is 581. The van der Waals surface area contributed by atoms with Crippen LogP contribution in [0.25, 0.3) is 11.5 Å². The normalized spacial score (nSPS) is 14.4. The van der Waals surface area contributed by atoms with Gasteiger partial charge in [0.1, 0.15) is 5.54 Å². The molecule has 19 heavy (non-hydrogen) atoms. The number of halogens is 1. The molecular weight excluding hydrogens is 310 g/mol. The maximum Gasteiger partial charge on any atom is 0.259 e. The van der Waals surface area contributed by atoms with Crippen molar-refractivity contribution in [3.05, 3.63) is 34.1 Å². The van der Waals surface area contributed by atoms with Crippen molar-refractivity contribution in [2.75, 3.05) is 13.7 Å². The molecule has 1 heterocycles. The van der Waals surface area contributed by atoms with Crippen LogP contribution in [-0.2, 0) is 10.3 Å². The number of rotatable bonds is 4. The minimum atomic E-state index is -0.771. The number of aryl methyl sites for hydroxylation is 1. The lowest BCUT2D eigenvalue weighted by Crippen LogP contribution is -2.38. The molecule has 0 aliphatic heterocycles. The third-order valence-corrected chi connectivity index (χ3v) is 3.42. The predicted octanol–water partition coefficient (Wildman–Crippen LogP) is 2.63. The first-order valence-corrected chi connectivity index (χ1v) is 6.62. The largest absolute Gasteiger partial charge is 0.382 e. The average Bonchev–Trinajstić information content (AvgIpc) is 2.82. The molecule has 0 aliphatic carbocycles. The monoisotopic (exact) mass is 325 g/mol.